The van der Waals surface area contributed by atoms with E-state index in [1.807, 2.05) is 0 Å². The molecule has 0 saturated carbocycles. The fourth-order valence-corrected chi connectivity index (χ4v) is 2.70. The molecule has 9 nitrogen and oxygen atoms in total. The molecule has 28 heavy (non-hydrogen) atoms. The van der Waals surface area contributed by atoms with Gasteiger partial charge in [-0.1, -0.05) is 6.07 Å². The van der Waals surface area contributed by atoms with E-state index >= 15 is 0 Å². The number of nitrogens with zero attached hydrogens (tertiary/aromatic N) is 1. The number of carbonyl (C=O) groups is 4. The number of benzene rings is 1. The van der Waals surface area contributed by atoms with Crippen molar-refractivity contribution in [3.8, 4) is 11.3 Å². The zero-order chi connectivity index (χ0) is 20.4. The average molecular weight is 384 g/mol. The SMILES string of the molecule is COC(=O)CN1C(=O)N/C(=C/c2ccc(-c3ccc(C(=O)O)cc3C)o2)C1=O. The monoisotopic (exact) mass is 384 g/mol. The molecule has 0 bridgehead atoms. The number of esters is 1. The molecular formula is C19H16N2O7. The summed E-state index contributed by atoms with van der Waals surface area (Å²) in [5.41, 5.74) is 1.54. The van der Waals surface area contributed by atoms with Crippen molar-refractivity contribution in [2.45, 2.75) is 6.92 Å². The van der Waals surface area contributed by atoms with Crippen LogP contribution in [0.3, 0.4) is 0 Å². The second-order valence-corrected chi connectivity index (χ2v) is 5.99. The molecule has 0 spiro atoms. The van der Waals surface area contributed by atoms with Gasteiger partial charge < -0.3 is 19.6 Å². The molecule has 1 saturated heterocycles. The van der Waals surface area contributed by atoms with Crippen LogP contribution in [0.4, 0.5) is 4.79 Å². The summed E-state index contributed by atoms with van der Waals surface area (Å²) in [6.45, 7) is 1.27. The van der Waals surface area contributed by atoms with Crippen LogP contribution in [0.25, 0.3) is 17.4 Å². The van der Waals surface area contributed by atoms with Crippen molar-refractivity contribution in [3.05, 3.63) is 52.9 Å². The van der Waals surface area contributed by atoms with Crippen LogP contribution in [0.1, 0.15) is 21.7 Å². The topological polar surface area (TPSA) is 126 Å². The molecule has 1 aromatic carbocycles. The number of hydrogen-bond acceptors (Lipinski definition) is 6. The maximum Gasteiger partial charge on any atom is 0.335 e. The number of carbonyl (C=O) groups excluding carboxylic acids is 3. The van der Waals surface area contributed by atoms with Crippen molar-refractivity contribution in [2.24, 2.45) is 0 Å². The molecule has 2 N–H and O–H groups in total. The summed E-state index contributed by atoms with van der Waals surface area (Å²) in [6, 6.07) is 7.18. The fourth-order valence-electron chi connectivity index (χ4n) is 2.70. The van der Waals surface area contributed by atoms with Gasteiger partial charge in [-0.05, 0) is 36.8 Å². The first kappa shape index (κ1) is 18.9. The molecule has 1 aliphatic rings. The van der Waals surface area contributed by atoms with E-state index < -0.39 is 30.4 Å². The van der Waals surface area contributed by atoms with Crippen LogP contribution in [0.5, 0.6) is 0 Å². The van der Waals surface area contributed by atoms with Crippen molar-refractivity contribution in [1.29, 1.82) is 0 Å². The number of rotatable bonds is 5. The third kappa shape index (κ3) is 3.63. The van der Waals surface area contributed by atoms with Gasteiger partial charge in [0.15, 0.2) is 0 Å². The van der Waals surface area contributed by atoms with Crippen molar-refractivity contribution in [2.75, 3.05) is 13.7 Å². The highest BCUT2D eigenvalue weighted by Crippen LogP contribution is 2.27. The average Bonchev–Trinajstić information content (AvgIpc) is 3.21. The van der Waals surface area contributed by atoms with Crippen LogP contribution in [0.15, 0.2) is 40.4 Å². The van der Waals surface area contributed by atoms with E-state index in [0.717, 1.165) is 12.0 Å². The molecule has 0 unspecified atom stereocenters. The summed E-state index contributed by atoms with van der Waals surface area (Å²) in [5.74, 6) is -1.63. The number of furan rings is 1. The number of ether oxygens (including phenoxy) is 1. The number of imide groups is 1. The van der Waals surface area contributed by atoms with Crippen molar-refractivity contribution in [1.82, 2.24) is 10.2 Å². The standard InChI is InChI=1S/C19H16N2O7/c1-10-7-11(18(24)25)3-5-13(10)15-6-4-12(28-15)8-14-17(23)21(19(26)20-14)9-16(22)27-2/h3-8H,9H2,1-2H3,(H,20,26)(H,24,25)/b14-8+. The Kier molecular flexibility index (Phi) is 4.99. The maximum atomic E-state index is 12.3. The first-order valence-electron chi connectivity index (χ1n) is 8.15. The second kappa shape index (κ2) is 7.39. The predicted molar refractivity (Wildman–Crippen MR) is 96.1 cm³/mol. The molecular weight excluding hydrogens is 368 g/mol. The van der Waals surface area contributed by atoms with Gasteiger partial charge in [-0.15, -0.1) is 0 Å². The van der Waals surface area contributed by atoms with E-state index in [0.29, 0.717) is 22.6 Å². The van der Waals surface area contributed by atoms with E-state index in [2.05, 4.69) is 10.1 Å². The number of aromatic carboxylic acids is 1. The number of aryl methyl sites for hydroxylation is 1. The molecule has 0 radical (unpaired) electrons. The van der Waals surface area contributed by atoms with E-state index in [9.17, 15) is 19.2 Å². The third-order valence-electron chi connectivity index (χ3n) is 4.13. The number of methoxy groups -OCH3 is 1. The van der Waals surface area contributed by atoms with Crippen LogP contribution in [-0.2, 0) is 14.3 Å². The van der Waals surface area contributed by atoms with Crippen LogP contribution < -0.4 is 5.32 Å². The number of amides is 3. The lowest BCUT2D eigenvalue weighted by Gasteiger charge is -2.08. The minimum atomic E-state index is -1.02. The third-order valence-corrected chi connectivity index (χ3v) is 4.13. The van der Waals surface area contributed by atoms with Gasteiger partial charge in [0.1, 0.15) is 23.8 Å². The Hall–Kier alpha value is -3.88. The van der Waals surface area contributed by atoms with Gasteiger partial charge in [0, 0.05) is 11.6 Å². The van der Waals surface area contributed by atoms with Crippen molar-refractivity contribution < 1.29 is 33.4 Å². The van der Waals surface area contributed by atoms with Gasteiger partial charge in [0.05, 0.1) is 12.7 Å². The Balaban J connectivity index is 1.83. The van der Waals surface area contributed by atoms with Crippen LogP contribution >= 0.6 is 0 Å². The normalized spacial score (nSPS) is 15.1. The molecule has 0 aliphatic carbocycles. The van der Waals surface area contributed by atoms with Gasteiger partial charge in [0.2, 0.25) is 0 Å². The zero-order valence-corrected chi connectivity index (χ0v) is 15.0. The largest absolute Gasteiger partial charge is 0.478 e. The summed E-state index contributed by atoms with van der Waals surface area (Å²) in [5, 5.41) is 11.4. The Bertz CT molecular complexity index is 1020. The molecule has 3 amide bonds. The molecule has 9 heteroatoms. The van der Waals surface area contributed by atoms with Crippen LogP contribution in [0.2, 0.25) is 0 Å². The summed E-state index contributed by atoms with van der Waals surface area (Å²) in [6.07, 6.45) is 1.35. The number of carboxylic acid groups (broad SMARTS) is 1. The van der Waals surface area contributed by atoms with Gasteiger partial charge in [-0.2, -0.15) is 0 Å². The molecule has 2 heterocycles. The minimum Gasteiger partial charge on any atom is -0.478 e. The zero-order valence-electron chi connectivity index (χ0n) is 15.0. The molecule has 1 aromatic heterocycles. The van der Waals surface area contributed by atoms with Crippen molar-refractivity contribution >= 4 is 30.0 Å². The van der Waals surface area contributed by atoms with Gasteiger partial charge >= 0.3 is 18.0 Å². The number of urea groups is 1. The summed E-state index contributed by atoms with van der Waals surface area (Å²) >= 11 is 0. The maximum absolute atomic E-state index is 12.3. The first-order valence-corrected chi connectivity index (χ1v) is 8.15. The minimum absolute atomic E-state index is 0.0345. The lowest BCUT2D eigenvalue weighted by molar-refractivity contribution is -0.143. The van der Waals surface area contributed by atoms with E-state index in [1.165, 1.54) is 18.2 Å². The Morgan fingerprint density at radius 3 is 2.64 bits per heavy atom. The molecule has 2 aromatic rings. The molecule has 3 rings (SSSR count). The molecule has 144 valence electrons. The van der Waals surface area contributed by atoms with Gasteiger partial charge in [-0.3, -0.25) is 9.59 Å². The van der Waals surface area contributed by atoms with Gasteiger partial charge in [-0.25, -0.2) is 14.5 Å². The van der Waals surface area contributed by atoms with Crippen LogP contribution in [0, 0.1) is 6.92 Å². The quantitative estimate of drug-likeness (QED) is 0.459. The highest BCUT2D eigenvalue weighted by Gasteiger charge is 2.35. The fraction of sp³-hybridized carbons (Fsp3) is 0.158. The summed E-state index contributed by atoms with van der Waals surface area (Å²) < 4.78 is 10.2. The first-order chi connectivity index (χ1) is 13.3. The predicted octanol–water partition coefficient (Wildman–Crippen LogP) is 2.02. The molecule has 1 fully saturated rings. The number of nitrogens with one attached hydrogen (secondary N) is 1. The Morgan fingerprint density at radius 1 is 1.25 bits per heavy atom. The van der Waals surface area contributed by atoms with E-state index in [-0.39, 0.29) is 11.3 Å². The van der Waals surface area contributed by atoms with Crippen molar-refractivity contribution in [3.63, 3.8) is 0 Å². The van der Waals surface area contributed by atoms with Gasteiger partial charge in [0.25, 0.3) is 5.91 Å². The highest BCUT2D eigenvalue weighted by atomic mass is 16.5. The van der Waals surface area contributed by atoms with E-state index in [1.54, 1.807) is 25.1 Å². The molecule has 1 aliphatic heterocycles. The lowest BCUT2D eigenvalue weighted by atomic mass is 10.0. The number of hydrogen-bond donors (Lipinski definition) is 2. The Labute approximate surface area is 159 Å². The Morgan fingerprint density at radius 2 is 2.00 bits per heavy atom. The number of carboxylic acids is 1. The summed E-state index contributed by atoms with van der Waals surface area (Å²) in [4.78, 5) is 47.2. The van der Waals surface area contributed by atoms with E-state index in [4.69, 9.17) is 9.52 Å². The smallest absolute Gasteiger partial charge is 0.335 e. The highest BCUT2D eigenvalue weighted by molar-refractivity contribution is 6.15. The summed E-state index contributed by atoms with van der Waals surface area (Å²) in [7, 11) is 1.16. The lowest BCUT2D eigenvalue weighted by Crippen LogP contribution is -2.36. The second-order valence-electron chi connectivity index (χ2n) is 5.99. The molecule has 0 atom stereocenters. The van der Waals surface area contributed by atoms with Crippen LogP contribution in [-0.4, -0.2) is 47.5 Å².